The normalized spacial score (nSPS) is 15.3. The molecule has 1 fully saturated rings. The van der Waals surface area contributed by atoms with Gasteiger partial charge in [-0.25, -0.2) is 13.4 Å². The maximum atomic E-state index is 13.3. The Balaban J connectivity index is 1.55. The summed E-state index contributed by atoms with van der Waals surface area (Å²) in [5, 5.41) is 7.58. The summed E-state index contributed by atoms with van der Waals surface area (Å²) in [5.41, 5.74) is 0.291. The van der Waals surface area contributed by atoms with Gasteiger partial charge in [-0.05, 0) is 6.07 Å². The number of hydrogen-bond acceptors (Lipinski definition) is 10. The maximum Gasteiger partial charge on any atom is 0.314 e. The topological polar surface area (TPSA) is 115 Å². The van der Waals surface area contributed by atoms with Crippen LogP contribution in [-0.2, 0) is 21.3 Å². The highest BCUT2D eigenvalue weighted by molar-refractivity contribution is 7.92. The summed E-state index contributed by atoms with van der Waals surface area (Å²) in [5.74, 6) is -1.03. The zero-order valence-corrected chi connectivity index (χ0v) is 19.5. The van der Waals surface area contributed by atoms with Gasteiger partial charge in [0.25, 0.3) is 11.8 Å². The fraction of sp³-hybridized carbons (Fsp3) is 0.444. The second kappa shape index (κ2) is 10.3. The van der Waals surface area contributed by atoms with Crippen molar-refractivity contribution >= 4 is 38.6 Å². The first-order valence-corrected chi connectivity index (χ1v) is 12.6. The van der Waals surface area contributed by atoms with E-state index in [4.69, 9.17) is 20.8 Å². The van der Waals surface area contributed by atoms with Crippen LogP contribution in [0, 0.1) is 0 Å². The van der Waals surface area contributed by atoms with Crippen LogP contribution in [-0.4, -0.2) is 72.1 Å². The zero-order valence-electron chi connectivity index (χ0n) is 17.1. The molecule has 4 rings (SSSR count). The molecule has 0 N–H and O–H groups in total. The lowest BCUT2D eigenvalue weighted by Gasteiger charge is -2.28. The summed E-state index contributed by atoms with van der Waals surface area (Å²) >= 11 is 7.11. The third-order valence-corrected chi connectivity index (χ3v) is 7.64. The van der Waals surface area contributed by atoms with E-state index in [-0.39, 0.29) is 23.2 Å². The van der Waals surface area contributed by atoms with Crippen molar-refractivity contribution in [1.29, 1.82) is 0 Å². The third-order valence-electron chi connectivity index (χ3n) is 4.75. The second-order valence-corrected chi connectivity index (χ2v) is 10.6. The maximum absolute atomic E-state index is 13.3. The number of pyridine rings is 1. The van der Waals surface area contributed by atoms with E-state index >= 15 is 0 Å². The van der Waals surface area contributed by atoms with Gasteiger partial charge < -0.3 is 9.15 Å². The van der Waals surface area contributed by atoms with Crippen LogP contribution in [0.4, 0.5) is 14.5 Å². The molecule has 0 aliphatic carbocycles. The summed E-state index contributed by atoms with van der Waals surface area (Å²) in [6.07, 6.45) is 1.29. The van der Waals surface area contributed by atoms with Gasteiger partial charge in [0, 0.05) is 25.8 Å². The van der Waals surface area contributed by atoms with Crippen molar-refractivity contribution in [1.82, 2.24) is 25.1 Å². The second-order valence-electron chi connectivity index (χ2n) is 7.00. The lowest BCUT2D eigenvalue weighted by Crippen LogP contribution is -2.42. The summed E-state index contributed by atoms with van der Waals surface area (Å²) < 4.78 is 63.5. The number of thiazole rings is 1. The monoisotopic (exact) mass is 520 g/mol. The van der Waals surface area contributed by atoms with Crippen molar-refractivity contribution < 1.29 is 26.4 Å². The third kappa shape index (κ3) is 6.00. The fourth-order valence-electron chi connectivity index (χ4n) is 3.09. The van der Waals surface area contributed by atoms with Crippen molar-refractivity contribution in [3.8, 4) is 10.8 Å². The van der Waals surface area contributed by atoms with Crippen LogP contribution in [0.2, 0.25) is 5.02 Å². The van der Waals surface area contributed by atoms with Gasteiger partial charge in [0.05, 0.1) is 48.6 Å². The average molecular weight is 521 g/mol. The molecule has 178 valence electrons. The quantitative estimate of drug-likeness (QED) is 0.420. The molecule has 10 nitrogen and oxygen atoms in total. The number of hydrogen-bond donors (Lipinski definition) is 0. The van der Waals surface area contributed by atoms with E-state index in [1.54, 1.807) is 0 Å². The standard InChI is InChI=1S/C18H19ClF2N6O4S2/c19-12-7-13(9-22-8-12)27(33(28,29)6-3-26-1-4-30-5-2-26)11-15-23-10-14(32-15)17-24-25-18(31-17)16(20)21/h7-10,16H,1-6,11H2. The number of halogens is 3. The Bertz CT molecular complexity index is 1190. The molecule has 0 bridgehead atoms. The predicted molar refractivity (Wildman–Crippen MR) is 117 cm³/mol. The van der Waals surface area contributed by atoms with Gasteiger partial charge in [0.1, 0.15) is 9.88 Å². The summed E-state index contributed by atoms with van der Waals surface area (Å²) in [7, 11) is -3.78. The number of nitrogens with zero attached hydrogens (tertiary/aromatic N) is 6. The Hall–Kier alpha value is -2.26. The van der Waals surface area contributed by atoms with Crippen molar-refractivity contribution in [3.63, 3.8) is 0 Å². The molecule has 3 aromatic rings. The van der Waals surface area contributed by atoms with Gasteiger partial charge in [0.15, 0.2) is 0 Å². The molecule has 0 atom stereocenters. The Morgan fingerprint density at radius 3 is 2.70 bits per heavy atom. The average Bonchev–Trinajstić information content (AvgIpc) is 3.46. The minimum absolute atomic E-state index is 0.103. The molecule has 0 aromatic carbocycles. The number of aromatic nitrogens is 4. The summed E-state index contributed by atoms with van der Waals surface area (Å²) in [4.78, 5) is 10.6. The number of anilines is 1. The lowest BCUT2D eigenvalue weighted by molar-refractivity contribution is 0.0408. The molecule has 4 heterocycles. The Morgan fingerprint density at radius 2 is 2.00 bits per heavy atom. The van der Waals surface area contributed by atoms with Gasteiger partial charge in [-0.3, -0.25) is 14.2 Å². The molecular formula is C18H19ClF2N6O4S2. The van der Waals surface area contributed by atoms with Crippen LogP contribution in [0.25, 0.3) is 10.8 Å². The first-order valence-electron chi connectivity index (χ1n) is 9.79. The van der Waals surface area contributed by atoms with E-state index in [1.807, 2.05) is 4.90 Å². The lowest BCUT2D eigenvalue weighted by atomic mass is 10.4. The summed E-state index contributed by atoms with van der Waals surface area (Å²) in [6, 6.07) is 1.50. The van der Waals surface area contributed by atoms with E-state index in [2.05, 4.69) is 20.2 Å². The zero-order chi connectivity index (χ0) is 23.4. The van der Waals surface area contributed by atoms with Gasteiger partial charge in [-0.1, -0.05) is 11.6 Å². The van der Waals surface area contributed by atoms with Gasteiger partial charge >= 0.3 is 6.43 Å². The highest BCUT2D eigenvalue weighted by Crippen LogP contribution is 2.30. The van der Waals surface area contributed by atoms with Crippen LogP contribution < -0.4 is 4.31 Å². The molecule has 0 amide bonds. The van der Waals surface area contributed by atoms with Crippen molar-refractivity contribution in [2.24, 2.45) is 0 Å². The molecule has 1 aliphatic heterocycles. The van der Waals surface area contributed by atoms with Crippen molar-refractivity contribution in [3.05, 3.63) is 40.6 Å². The SMILES string of the molecule is O=S(=O)(CCN1CCOCC1)N(Cc1ncc(-c2nnc(C(F)F)o2)s1)c1cncc(Cl)c1. The highest BCUT2D eigenvalue weighted by Gasteiger charge is 2.27. The Morgan fingerprint density at radius 1 is 1.21 bits per heavy atom. The molecule has 15 heteroatoms. The van der Waals surface area contributed by atoms with Gasteiger partial charge in [-0.2, -0.15) is 8.78 Å². The first kappa shape index (κ1) is 23.9. The largest absolute Gasteiger partial charge is 0.414 e. The van der Waals surface area contributed by atoms with E-state index in [0.29, 0.717) is 48.4 Å². The highest BCUT2D eigenvalue weighted by atomic mass is 35.5. The van der Waals surface area contributed by atoms with Crippen LogP contribution in [0.3, 0.4) is 0 Å². The summed E-state index contributed by atoms with van der Waals surface area (Å²) in [6.45, 7) is 2.69. The molecular weight excluding hydrogens is 502 g/mol. The number of alkyl halides is 2. The van der Waals surface area contributed by atoms with Crippen LogP contribution in [0.5, 0.6) is 0 Å². The van der Waals surface area contributed by atoms with Crippen molar-refractivity contribution in [2.75, 3.05) is 42.9 Å². The van der Waals surface area contributed by atoms with Crippen molar-refractivity contribution in [2.45, 2.75) is 13.0 Å². The first-order chi connectivity index (χ1) is 15.8. The van der Waals surface area contributed by atoms with E-state index < -0.39 is 22.3 Å². The van der Waals surface area contributed by atoms with Crippen LogP contribution in [0.1, 0.15) is 17.3 Å². The number of morpholine rings is 1. The minimum atomic E-state index is -3.78. The number of sulfonamides is 1. The van der Waals surface area contributed by atoms with Gasteiger partial charge in [-0.15, -0.1) is 21.5 Å². The van der Waals surface area contributed by atoms with E-state index in [9.17, 15) is 17.2 Å². The Labute approximate surface area is 197 Å². The molecule has 0 radical (unpaired) electrons. The molecule has 33 heavy (non-hydrogen) atoms. The smallest absolute Gasteiger partial charge is 0.314 e. The predicted octanol–water partition coefficient (Wildman–Crippen LogP) is 2.85. The molecule has 0 unspecified atom stereocenters. The number of rotatable bonds is 9. The molecule has 1 saturated heterocycles. The number of ether oxygens (including phenoxy) is 1. The fourth-order valence-corrected chi connectivity index (χ4v) is 5.62. The molecule has 0 spiro atoms. The van der Waals surface area contributed by atoms with E-state index in [0.717, 1.165) is 11.3 Å². The molecule has 3 aromatic heterocycles. The molecule has 0 saturated carbocycles. The minimum Gasteiger partial charge on any atom is -0.414 e. The van der Waals surface area contributed by atoms with Crippen LogP contribution in [0.15, 0.2) is 29.1 Å². The van der Waals surface area contributed by atoms with E-state index in [1.165, 1.54) is 29.0 Å². The Kier molecular flexibility index (Phi) is 7.48. The molecule has 1 aliphatic rings. The van der Waals surface area contributed by atoms with Crippen LogP contribution >= 0.6 is 22.9 Å². The van der Waals surface area contributed by atoms with Gasteiger partial charge in [0.2, 0.25) is 10.0 Å².